The summed E-state index contributed by atoms with van der Waals surface area (Å²) in [5, 5.41) is 8.88. The molecular weight excluding hydrogens is 440 g/mol. The zero-order valence-electron chi connectivity index (χ0n) is 17.7. The number of benzene rings is 2. The summed E-state index contributed by atoms with van der Waals surface area (Å²) in [5.41, 5.74) is -1.31. The van der Waals surface area contributed by atoms with E-state index in [2.05, 4.69) is 0 Å². The highest BCUT2D eigenvalue weighted by atomic mass is 19.4. The Kier molecular flexibility index (Phi) is 7.66. The van der Waals surface area contributed by atoms with Crippen LogP contribution in [0.1, 0.15) is 22.3 Å². The first-order valence-corrected chi connectivity index (χ1v) is 10.3. The summed E-state index contributed by atoms with van der Waals surface area (Å²) in [6, 6.07) is 12.4. The molecule has 1 aliphatic heterocycles. The fourth-order valence-electron chi connectivity index (χ4n) is 3.68. The molecule has 0 aliphatic carbocycles. The number of hydrogen-bond donors (Lipinski definition) is 0. The van der Waals surface area contributed by atoms with Crippen LogP contribution in [0.2, 0.25) is 0 Å². The molecule has 0 atom stereocenters. The molecule has 0 radical (unpaired) electrons. The summed E-state index contributed by atoms with van der Waals surface area (Å²) in [6.07, 6.45) is -4.61. The summed E-state index contributed by atoms with van der Waals surface area (Å²) >= 11 is 0. The Hall–Kier alpha value is -3.45. The third-order valence-corrected chi connectivity index (χ3v) is 5.37. The molecule has 0 N–H and O–H groups in total. The predicted molar refractivity (Wildman–Crippen MR) is 113 cm³/mol. The quantitative estimate of drug-likeness (QED) is 0.616. The lowest BCUT2D eigenvalue weighted by atomic mass is 10.1. The molecule has 1 aliphatic rings. The van der Waals surface area contributed by atoms with Crippen molar-refractivity contribution in [2.45, 2.75) is 12.6 Å². The topological polar surface area (TPSA) is 67.7 Å². The summed E-state index contributed by atoms with van der Waals surface area (Å²) in [5.74, 6) is -1.70. The fraction of sp³-hybridized carbons (Fsp3) is 0.348. The first-order valence-electron chi connectivity index (χ1n) is 10.3. The van der Waals surface area contributed by atoms with Gasteiger partial charge < -0.3 is 9.80 Å². The molecule has 174 valence electrons. The van der Waals surface area contributed by atoms with Crippen molar-refractivity contribution < 1.29 is 27.2 Å². The van der Waals surface area contributed by atoms with Crippen LogP contribution in [0.3, 0.4) is 0 Å². The van der Waals surface area contributed by atoms with Crippen molar-refractivity contribution in [2.75, 3.05) is 44.2 Å². The van der Waals surface area contributed by atoms with Gasteiger partial charge in [-0.1, -0.05) is 24.3 Å². The van der Waals surface area contributed by atoms with Gasteiger partial charge in [0.05, 0.1) is 35.8 Å². The highest BCUT2D eigenvalue weighted by Crippen LogP contribution is 2.32. The van der Waals surface area contributed by atoms with Gasteiger partial charge in [0, 0.05) is 32.7 Å². The maximum Gasteiger partial charge on any atom is 0.417 e. The molecule has 0 bridgehead atoms. The molecule has 1 fully saturated rings. The van der Waals surface area contributed by atoms with Crippen molar-refractivity contribution in [3.8, 4) is 6.07 Å². The van der Waals surface area contributed by atoms with E-state index in [1.807, 2.05) is 6.07 Å². The molecular formula is C23H22F4N4O2. The lowest BCUT2D eigenvalue weighted by Crippen LogP contribution is -2.52. The van der Waals surface area contributed by atoms with Crippen LogP contribution in [-0.2, 0) is 11.0 Å². The second-order valence-corrected chi connectivity index (χ2v) is 7.52. The third-order valence-electron chi connectivity index (χ3n) is 5.37. The maximum absolute atomic E-state index is 14.2. The van der Waals surface area contributed by atoms with E-state index in [1.165, 1.54) is 40.1 Å². The minimum absolute atomic E-state index is 0.0287. The minimum Gasteiger partial charge on any atom is -0.336 e. The monoisotopic (exact) mass is 462 g/mol. The predicted octanol–water partition coefficient (Wildman–Crippen LogP) is 3.55. The van der Waals surface area contributed by atoms with Crippen LogP contribution >= 0.6 is 0 Å². The van der Waals surface area contributed by atoms with Gasteiger partial charge in [0.2, 0.25) is 5.91 Å². The number of piperazine rings is 1. The Labute approximate surface area is 188 Å². The van der Waals surface area contributed by atoms with Crippen LogP contribution in [0.25, 0.3) is 0 Å². The van der Waals surface area contributed by atoms with Crippen LogP contribution in [0.5, 0.6) is 0 Å². The van der Waals surface area contributed by atoms with Gasteiger partial charge in [-0.25, -0.2) is 4.39 Å². The SMILES string of the molecule is N#CCCN(C(=O)CN1CCN(C(=O)c2ccccc2C(F)(F)F)CC1)c1ccccc1F. The second-order valence-electron chi connectivity index (χ2n) is 7.52. The number of hydrogen-bond acceptors (Lipinski definition) is 4. The van der Waals surface area contributed by atoms with Crippen molar-refractivity contribution >= 4 is 17.5 Å². The van der Waals surface area contributed by atoms with E-state index >= 15 is 0 Å². The molecule has 3 rings (SSSR count). The Morgan fingerprint density at radius 3 is 2.27 bits per heavy atom. The molecule has 0 saturated carbocycles. The molecule has 1 saturated heterocycles. The number of alkyl halides is 3. The summed E-state index contributed by atoms with van der Waals surface area (Å²) in [6.45, 7) is 0.806. The van der Waals surface area contributed by atoms with Gasteiger partial charge >= 0.3 is 6.18 Å². The minimum atomic E-state index is -4.64. The first kappa shape index (κ1) is 24.2. The highest BCUT2D eigenvalue weighted by molar-refractivity contribution is 5.96. The number of halogens is 4. The molecule has 0 aromatic heterocycles. The number of carbonyl (C=O) groups excluding carboxylic acids is 2. The van der Waals surface area contributed by atoms with Gasteiger partial charge in [0.15, 0.2) is 0 Å². The van der Waals surface area contributed by atoms with Gasteiger partial charge in [-0.3, -0.25) is 14.5 Å². The molecule has 0 unspecified atom stereocenters. The van der Waals surface area contributed by atoms with Crippen LogP contribution in [0.4, 0.5) is 23.2 Å². The van der Waals surface area contributed by atoms with Crippen LogP contribution in [-0.4, -0.2) is 60.9 Å². The largest absolute Gasteiger partial charge is 0.417 e. The van der Waals surface area contributed by atoms with Crippen molar-refractivity contribution in [2.24, 2.45) is 0 Å². The lowest BCUT2D eigenvalue weighted by Gasteiger charge is -2.35. The number of amides is 2. The van der Waals surface area contributed by atoms with Gasteiger partial charge in [0.25, 0.3) is 5.91 Å². The number of carbonyl (C=O) groups is 2. The second kappa shape index (κ2) is 10.4. The van der Waals surface area contributed by atoms with Crippen molar-refractivity contribution in [3.63, 3.8) is 0 Å². The van der Waals surface area contributed by atoms with E-state index in [0.29, 0.717) is 0 Å². The molecule has 2 aromatic rings. The fourth-order valence-corrected chi connectivity index (χ4v) is 3.68. The maximum atomic E-state index is 14.2. The first-order chi connectivity index (χ1) is 15.7. The van der Waals surface area contributed by atoms with Crippen molar-refractivity contribution in [1.29, 1.82) is 5.26 Å². The molecule has 2 aromatic carbocycles. The normalized spacial score (nSPS) is 14.6. The number of nitrogens with zero attached hydrogens (tertiary/aromatic N) is 4. The molecule has 6 nitrogen and oxygen atoms in total. The Bertz CT molecular complexity index is 1040. The third kappa shape index (κ3) is 5.87. The Morgan fingerprint density at radius 1 is 1.00 bits per heavy atom. The van der Waals surface area contributed by atoms with E-state index in [-0.39, 0.29) is 51.4 Å². The summed E-state index contributed by atoms with van der Waals surface area (Å²) in [7, 11) is 0. The lowest BCUT2D eigenvalue weighted by molar-refractivity contribution is -0.138. The average Bonchev–Trinajstić information content (AvgIpc) is 2.80. The summed E-state index contributed by atoms with van der Waals surface area (Å²) in [4.78, 5) is 29.9. The number of para-hydroxylation sites is 1. The Morgan fingerprint density at radius 2 is 1.64 bits per heavy atom. The number of anilines is 1. The van der Waals surface area contributed by atoms with Gasteiger partial charge in [-0.15, -0.1) is 0 Å². The van der Waals surface area contributed by atoms with Crippen LogP contribution in [0.15, 0.2) is 48.5 Å². The zero-order valence-corrected chi connectivity index (χ0v) is 17.7. The van der Waals surface area contributed by atoms with Crippen LogP contribution < -0.4 is 4.90 Å². The highest BCUT2D eigenvalue weighted by Gasteiger charge is 2.36. The van der Waals surface area contributed by atoms with E-state index in [0.717, 1.165) is 12.1 Å². The number of nitriles is 1. The Balaban J connectivity index is 1.64. The van der Waals surface area contributed by atoms with Crippen molar-refractivity contribution in [1.82, 2.24) is 9.80 Å². The smallest absolute Gasteiger partial charge is 0.336 e. The van der Waals surface area contributed by atoms with E-state index < -0.39 is 34.9 Å². The summed E-state index contributed by atoms with van der Waals surface area (Å²) < 4.78 is 53.9. The molecule has 2 amide bonds. The zero-order chi connectivity index (χ0) is 24.0. The standard InChI is InChI=1S/C23H22F4N4O2/c24-19-8-3-4-9-20(19)31(11-5-10-28)21(32)16-29-12-14-30(15-13-29)22(33)17-6-1-2-7-18(17)23(25,26)27/h1-4,6-9H,5,11-16H2. The molecule has 0 spiro atoms. The van der Waals surface area contributed by atoms with E-state index in [1.54, 1.807) is 11.0 Å². The molecule has 10 heteroatoms. The van der Waals surface area contributed by atoms with Crippen LogP contribution in [0, 0.1) is 17.1 Å². The number of rotatable bonds is 6. The average molecular weight is 462 g/mol. The van der Waals surface area contributed by atoms with E-state index in [9.17, 15) is 27.2 Å². The van der Waals surface area contributed by atoms with E-state index in [4.69, 9.17) is 5.26 Å². The van der Waals surface area contributed by atoms with Crippen molar-refractivity contribution in [3.05, 3.63) is 65.5 Å². The van der Waals surface area contributed by atoms with Gasteiger partial charge in [0.1, 0.15) is 5.82 Å². The molecule has 1 heterocycles. The van der Waals surface area contributed by atoms with Gasteiger partial charge in [-0.05, 0) is 24.3 Å². The molecule has 33 heavy (non-hydrogen) atoms. The van der Waals surface area contributed by atoms with Gasteiger partial charge in [-0.2, -0.15) is 18.4 Å².